The van der Waals surface area contributed by atoms with E-state index in [1.165, 1.54) is 11.9 Å². The molecule has 1 aromatic carbocycles. The maximum Gasteiger partial charge on any atom is 0.152 e. The van der Waals surface area contributed by atoms with E-state index in [0.717, 1.165) is 48.6 Å². The average molecular weight is 418 g/mol. The summed E-state index contributed by atoms with van der Waals surface area (Å²) >= 11 is 1.47. The van der Waals surface area contributed by atoms with Gasteiger partial charge in [0.2, 0.25) is 0 Å². The van der Waals surface area contributed by atoms with E-state index >= 15 is 0 Å². The van der Waals surface area contributed by atoms with Gasteiger partial charge < -0.3 is 15.4 Å². The largest absolute Gasteiger partial charge is 0.494 e. The van der Waals surface area contributed by atoms with Crippen LogP contribution in [-0.4, -0.2) is 29.9 Å². The molecule has 0 radical (unpaired) electrons. The normalized spacial score (nSPS) is 21.4. The zero-order chi connectivity index (χ0) is 20.2. The molecule has 2 atom stereocenters. The highest BCUT2D eigenvalue weighted by atomic mass is 32.2. The first kappa shape index (κ1) is 20.3. The van der Waals surface area contributed by atoms with Crippen molar-refractivity contribution < 1.29 is 9.13 Å². The Bertz CT molecular complexity index is 884. The second kappa shape index (κ2) is 9.19. The Kier molecular flexibility index (Phi) is 6.42. The van der Waals surface area contributed by atoms with E-state index in [0.29, 0.717) is 29.5 Å². The van der Waals surface area contributed by atoms with Crippen LogP contribution in [0.2, 0.25) is 0 Å². The van der Waals surface area contributed by atoms with Crippen LogP contribution in [0.3, 0.4) is 0 Å². The summed E-state index contributed by atoms with van der Waals surface area (Å²) in [4.78, 5) is 0.947. The van der Waals surface area contributed by atoms with Gasteiger partial charge in [0.05, 0.1) is 18.3 Å². The Morgan fingerprint density at radius 3 is 3.14 bits per heavy atom. The van der Waals surface area contributed by atoms with Gasteiger partial charge in [-0.1, -0.05) is 6.92 Å². The summed E-state index contributed by atoms with van der Waals surface area (Å²) in [5, 5.41) is 13.8. The van der Waals surface area contributed by atoms with Gasteiger partial charge >= 0.3 is 0 Å². The predicted octanol–water partition coefficient (Wildman–Crippen LogP) is 4.57. The Morgan fingerprint density at radius 1 is 1.41 bits per heavy atom. The molecule has 1 fully saturated rings. The molecule has 0 saturated heterocycles. The van der Waals surface area contributed by atoms with E-state index < -0.39 is 0 Å². The quantitative estimate of drug-likeness (QED) is 0.373. The number of allylic oxidation sites excluding steroid dienone is 1. The molecule has 0 bridgehead atoms. The Hall–Kier alpha value is -2.03. The van der Waals surface area contributed by atoms with Crippen LogP contribution in [-0.2, 0) is 11.3 Å². The van der Waals surface area contributed by atoms with Crippen molar-refractivity contribution in [3.63, 3.8) is 0 Å². The molecule has 4 N–H and O–H groups in total. The number of hydrogen-bond donors (Lipinski definition) is 4. The van der Waals surface area contributed by atoms with Crippen LogP contribution in [0.5, 0.6) is 0 Å². The van der Waals surface area contributed by atoms with Gasteiger partial charge in [0.15, 0.2) is 11.6 Å². The van der Waals surface area contributed by atoms with Crippen LogP contribution in [0.25, 0.3) is 0 Å². The molecule has 4 rings (SSSR count). The number of anilines is 2. The summed E-state index contributed by atoms with van der Waals surface area (Å²) in [6.07, 6.45) is 6.38. The minimum absolute atomic E-state index is 0.210. The lowest BCUT2D eigenvalue weighted by atomic mass is 10.0. The molecular formula is C21H28FN5OS. The molecule has 156 valence electrons. The molecule has 1 saturated carbocycles. The fourth-order valence-corrected chi connectivity index (χ4v) is 4.79. The van der Waals surface area contributed by atoms with Gasteiger partial charge in [-0.3, -0.25) is 9.82 Å². The van der Waals surface area contributed by atoms with E-state index in [1.54, 1.807) is 6.07 Å². The minimum Gasteiger partial charge on any atom is -0.494 e. The number of benzene rings is 1. The van der Waals surface area contributed by atoms with Gasteiger partial charge in [-0.15, -0.1) is 0 Å². The summed E-state index contributed by atoms with van der Waals surface area (Å²) < 4.78 is 24.0. The number of nitrogens with one attached hydrogen (secondary N) is 4. The van der Waals surface area contributed by atoms with Gasteiger partial charge in [0, 0.05) is 34.7 Å². The number of halogens is 1. The Balaban J connectivity index is 1.38. The van der Waals surface area contributed by atoms with Crippen LogP contribution < -0.4 is 15.4 Å². The third kappa shape index (κ3) is 4.60. The molecule has 2 heterocycles. The highest BCUT2D eigenvalue weighted by Crippen LogP contribution is 2.37. The van der Waals surface area contributed by atoms with Crippen LogP contribution in [0.4, 0.5) is 15.9 Å². The molecule has 0 spiro atoms. The van der Waals surface area contributed by atoms with Crippen molar-refractivity contribution >= 4 is 23.5 Å². The molecular weight excluding hydrogens is 389 g/mol. The average Bonchev–Trinajstić information content (AvgIpc) is 3.45. The second-order valence-electron chi connectivity index (χ2n) is 7.52. The second-order valence-corrected chi connectivity index (χ2v) is 8.45. The first-order valence-corrected chi connectivity index (χ1v) is 11.0. The molecule has 6 nitrogen and oxygen atoms in total. The summed E-state index contributed by atoms with van der Waals surface area (Å²) in [7, 11) is 1.93. The van der Waals surface area contributed by atoms with E-state index in [9.17, 15) is 4.39 Å². The summed E-state index contributed by atoms with van der Waals surface area (Å²) in [5.41, 5.74) is 2.25. The highest BCUT2D eigenvalue weighted by Gasteiger charge is 2.29. The lowest BCUT2D eigenvalue weighted by molar-refractivity contribution is 0.116. The van der Waals surface area contributed by atoms with Gasteiger partial charge in [0.1, 0.15) is 5.76 Å². The molecule has 1 aliphatic heterocycles. The van der Waals surface area contributed by atoms with Crippen LogP contribution in [0.1, 0.15) is 49.8 Å². The summed E-state index contributed by atoms with van der Waals surface area (Å²) in [6, 6.07) is 5.69. The van der Waals surface area contributed by atoms with Crippen molar-refractivity contribution in [3.8, 4) is 0 Å². The Labute approximate surface area is 175 Å². The number of hydrogen-bond acceptors (Lipinski definition) is 6. The van der Waals surface area contributed by atoms with Crippen molar-refractivity contribution in [2.75, 3.05) is 18.9 Å². The predicted molar refractivity (Wildman–Crippen MR) is 115 cm³/mol. The standard InChI is InChI=1S/C21H28FN5OS/c1-3-4-15(11-23-2)28-14-6-5-13(9-14)18-10-20(27-26-18)25-17-7-8-19-16(21(17)22)12-24-29-19/h4,7-8,10,13-14,23-24H,3,5-6,9,11-12H2,1-2H3,(H2,25,26,27)/b15-4+. The number of aromatic nitrogens is 2. The first-order chi connectivity index (χ1) is 14.2. The van der Waals surface area contributed by atoms with E-state index in [-0.39, 0.29) is 11.9 Å². The number of nitrogens with zero attached hydrogens (tertiary/aromatic N) is 1. The van der Waals surface area contributed by atoms with Gasteiger partial charge in [0.25, 0.3) is 0 Å². The van der Waals surface area contributed by atoms with Crippen LogP contribution in [0.15, 0.2) is 34.9 Å². The van der Waals surface area contributed by atoms with Crippen molar-refractivity contribution in [2.45, 2.75) is 56.1 Å². The third-order valence-corrected chi connectivity index (χ3v) is 6.31. The number of rotatable bonds is 8. The molecule has 1 aromatic heterocycles. The van der Waals surface area contributed by atoms with E-state index in [4.69, 9.17) is 4.74 Å². The van der Waals surface area contributed by atoms with Gasteiger partial charge in [-0.2, -0.15) is 5.10 Å². The number of H-pyrrole nitrogens is 1. The summed E-state index contributed by atoms with van der Waals surface area (Å²) in [6.45, 7) is 3.42. The first-order valence-electron chi connectivity index (χ1n) is 10.2. The zero-order valence-electron chi connectivity index (χ0n) is 16.8. The number of ether oxygens (including phenoxy) is 1. The number of fused-ring (bicyclic) bond motifs is 1. The van der Waals surface area contributed by atoms with E-state index in [2.05, 4.69) is 38.6 Å². The molecule has 1 aliphatic carbocycles. The lowest BCUT2D eigenvalue weighted by Crippen LogP contribution is -2.17. The molecule has 0 amide bonds. The molecule has 29 heavy (non-hydrogen) atoms. The van der Waals surface area contributed by atoms with Crippen molar-refractivity contribution in [2.24, 2.45) is 0 Å². The van der Waals surface area contributed by atoms with Crippen LogP contribution >= 0.6 is 11.9 Å². The van der Waals surface area contributed by atoms with E-state index in [1.807, 2.05) is 19.2 Å². The number of aromatic amines is 1. The SMILES string of the molecule is CC/C=C(\CNC)OC1CCC(c2cc(Nc3ccc4c(c3F)CNS4)n[nH]2)C1. The van der Waals surface area contributed by atoms with Crippen molar-refractivity contribution in [3.05, 3.63) is 47.1 Å². The zero-order valence-corrected chi connectivity index (χ0v) is 17.7. The third-order valence-electron chi connectivity index (χ3n) is 5.42. The van der Waals surface area contributed by atoms with Gasteiger partial charge in [-0.05, 0) is 62.9 Å². The fourth-order valence-electron chi connectivity index (χ4n) is 4.00. The van der Waals surface area contributed by atoms with Crippen molar-refractivity contribution in [1.29, 1.82) is 0 Å². The fraction of sp³-hybridized carbons (Fsp3) is 0.476. The molecule has 2 aromatic rings. The maximum absolute atomic E-state index is 14.7. The smallest absolute Gasteiger partial charge is 0.152 e. The highest BCUT2D eigenvalue weighted by molar-refractivity contribution is 7.97. The van der Waals surface area contributed by atoms with Crippen molar-refractivity contribution in [1.82, 2.24) is 20.2 Å². The molecule has 8 heteroatoms. The minimum atomic E-state index is -0.210. The monoisotopic (exact) mass is 417 g/mol. The Morgan fingerprint density at radius 2 is 2.31 bits per heavy atom. The number of likely N-dealkylation sites (N-methyl/N-ethyl adjacent to an activating group) is 1. The summed E-state index contributed by atoms with van der Waals surface area (Å²) in [5.74, 6) is 1.83. The van der Waals surface area contributed by atoms with Gasteiger partial charge in [-0.25, -0.2) is 4.39 Å². The molecule has 2 aliphatic rings. The maximum atomic E-state index is 14.7. The van der Waals surface area contributed by atoms with Crippen LogP contribution in [0, 0.1) is 5.82 Å². The lowest BCUT2D eigenvalue weighted by Gasteiger charge is -2.17. The topological polar surface area (TPSA) is 74.0 Å². The molecule has 2 unspecified atom stereocenters.